The first kappa shape index (κ1) is 28.3. The monoisotopic (exact) mass is 572 g/mol. The van der Waals surface area contributed by atoms with E-state index in [0.29, 0.717) is 40.5 Å². The van der Waals surface area contributed by atoms with Crippen LogP contribution in [-0.2, 0) is 4.79 Å². The third-order valence-electron chi connectivity index (χ3n) is 6.98. The summed E-state index contributed by atoms with van der Waals surface area (Å²) in [4.78, 5) is 31.7. The molecule has 1 aromatic carbocycles. The van der Waals surface area contributed by atoms with Gasteiger partial charge in [0, 0.05) is 35.9 Å². The number of hydrogen-bond donors (Lipinski definition) is 2. The lowest BCUT2D eigenvalue weighted by Gasteiger charge is -2.43. The van der Waals surface area contributed by atoms with Crippen molar-refractivity contribution in [1.29, 1.82) is 0 Å². The van der Waals surface area contributed by atoms with Crippen molar-refractivity contribution >= 4 is 40.8 Å². The van der Waals surface area contributed by atoms with Crippen LogP contribution >= 0.6 is 23.2 Å². The van der Waals surface area contributed by atoms with Gasteiger partial charge in [-0.25, -0.2) is 4.98 Å². The van der Waals surface area contributed by atoms with Crippen molar-refractivity contribution in [3.05, 3.63) is 52.1 Å². The molecule has 12 heteroatoms. The van der Waals surface area contributed by atoms with E-state index in [1.165, 1.54) is 12.3 Å². The van der Waals surface area contributed by atoms with E-state index in [4.69, 9.17) is 27.9 Å². The number of nitrogens with zero attached hydrogens (tertiary/aromatic N) is 2. The number of hydrogen-bond acceptors (Lipinski definition) is 5. The van der Waals surface area contributed by atoms with Crippen molar-refractivity contribution in [2.45, 2.75) is 63.4 Å². The first-order valence-corrected chi connectivity index (χ1v) is 13.1. The highest BCUT2D eigenvalue weighted by Crippen LogP contribution is 2.40. The zero-order valence-electron chi connectivity index (χ0n) is 20.9. The van der Waals surface area contributed by atoms with Gasteiger partial charge < -0.3 is 20.3 Å². The van der Waals surface area contributed by atoms with Gasteiger partial charge in [-0.05, 0) is 69.7 Å². The maximum Gasteiger partial charge on any atom is 0.405 e. The van der Waals surface area contributed by atoms with Crippen molar-refractivity contribution in [2.75, 3.05) is 18.0 Å². The molecule has 2 N–H and O–H groups in total. The molecule has 7 nitrogen and oxygen atoms in total. The van der Waals surface area contributed by atoms with Gasteiger partial charge >= 0.3 is 6.18 Å². The predicted octanol–water partition coefficient (Wildman–Crippen LogP) is 5.40. The molecule has 2 aromatic rings. The van der Waals surface area contributed by atoms with Crippen LogP contribution in [0.5, 0.6) is 5.75 Å². The van der Waals surface area contributed by atoms with Gasteiger partial charge in [-0.1, -0.05) is 23.2 Å². The van der Waals surface area contributed by atoms with Gasteiger partial charge in [-0.15, -0.1) is 0 Å². The number of halogens is 5. The molecule has 2 amide bonds. The molecule has 4 rings (SSSR count). The standard InChI is InChI=1S/C26H29Cl2F3N4O3/c1-25(2,38-21-12-17(27)5-6-19(21)28)24(37)34-18-9-10-35(20-7-3-15(20)11-18)22-8-4-16(13-32-22)23(36)33-14-26(29,30)31/h4-6,8,12-13,15,18,20H,3,7,9-11,14H2,1-2H3,(H,33,36)(H,34,37). The van der Waals surface area contributed by atoms with Crippen molar-refractivity contribution in [2.24, 2.45) is 5.92 Å². The number of carbonyl (C=O) groups excluding carboxylic acids is 2. The van der Waals surface area contributed by atoms with Gasteiger partial charge in [0.2, 0.25) is 0 Å². The Labute approximate surface area is 229 Å². The van der Waals surface area contributed by atoms with Crippen molar-refractivity contribution in [3.8, 4) is 5.75 Å². The fourth-order valence-electron chi connectivity index (χ4n) is 4.80. The van der Waals surface area contributed by atoms with E-state index in [0.717, 1.165) is 19.3 Å². The lowest BCUT2D eigenvalue weighted by molar-refractivity contribution is -0.135. The Bertz CT molecular complexity index is 1180. The number of pyridine rings is 1. The minimum atomic E-state index is -4.48. The number of ether oxygens (including phenoxy) is 1. The predicted molar refractivity (Wildman–Crippen MR) is 139 cm³/mol. The minimum Gasteiger partial charge on any atom is -0.476 e. The number of benzene rings is 1. The van der Waals surface area contributed by atoms with E-state index in [9.17, 15) is 22.8 Å². The Morgan fingerprint density at radius 2 is 1.89 bits per heavy atom. The molecule has 1 saturated heterocycles. The third-order valence-corrected chi connectivity index (χ3v) is 7.52. The van der Waals surface area contributed by atoms with Gasteiger partial charge in [0.05, 0.1) is 10.6 Å². The molecular weight excluding hydrogens is 544 g/mol. The van der Waals surface area contributed by atoms with E-state index in [1.807, 2.05) is 5.32 Å². The zero-order valence-corrected chi connectivity index (χ0v) is 22.5. The van der Waals surface area contributed by atoms with Crippen LogP contribution in [0, 0.1) is 5.92 Å². The molecule has 1 saturated carbocycles. The molecule has 0 radical (unpaired) electrons. The highest BCUT2D eigenvalue weighted by molar-refractivity contribution is 6.34. The summed E-state index contributed by atoms with van der Waals surface area (Å²) in [6, 6.07) is 8.12. The molecule has 206 valence electrons. The van der Waals surface area contributed by atoms with Gasteiger partial charge in [0.1, 0.15) is 18.1 Å². The number of alkyl halides is 3. The third kappa shape index (κ3) is 6.83. The number of aromatic nitrogens is 1. The SMILES string of the molecule is CC(C)(Oc1cc(Cl)ccc1Cl)C(=O)NC1CCN(c2ccc(C(=O)NCC(F)(F)F)cn2)C2CCC2C1. The Morgan fingerprint density at radius 1 is 1.13 bits per heavy atom. The Kier molecular flexibility index (Phi) is 8.32. The lowest BCUT2D eigenvalue weighted by atomic mass is 9.76. The number of amides is 2. The van der Waals surface area contributed by atoms with Crippen molar-refractivity contribution < 1.29 is 27.5 Å². The summed E-state index contributed by atoms with van der Waals surface area (Å²) in [5, 5.41) is 5.78. The molecule has 1 aliphatic heterocycles. The summed E-state index contributed by atoms with van der Waals surface area (Å²) in [7, 11) is 0. The van der Waals surface area contributed by atoms with Crippen LogP contribution in [-0.4, -0.2) is 53.7 Å². The quantitative estimate of drug-likeness (QED) is 0.464. The zero-order chi connectivity index (χ0) is 27.7. The van der Waals surface area contributed by atoms with E-state index in [1.54, 1.807) is 38.1 Å². The average molecular weight is 573 g/mol. The molecule has 0 bridgehead atoms. The highest BCUT2D eigenvalue weighted by Gasteiger charge is 2.41. The summed E-state index contributed by atoms with van der Waals surface area (Å²) >= 11 is 12.2. The molecular formula is C26H29Cl2F3N4O3. The van der Waals surface area contributed by atoms with E-state index in [2.05, 4.69) is 15.2 Å². The fourth-order valence-corrected chi connectivity index (χ4v) is 5.12. The van der Waals surface area contributed by atoms with Crippen LogP contribution in [0.1, 0.15) is 49.9 Å². The van der Waals surface area contributed by atoms with Gasteiger partial charge in [-0.3, -0.25) is 9.59 Å². The second-order valence-electron chi connectivity index (χ2n) is 10.2. The maximum absolute atomic E-state index is 13.2. The molecule has 1 aliphatic carbocycles. The largest absolute Gasteiger partial charge is 0.476 e. The molecule has 2 fully saturated rings. The minimum absolute atomic E-state index is 0.0603. The van der Waals surface area contributed by atoms with Crippen LogP contribution in [0.15, 0.2) is 36.5 Å². The van der Waals surface area contributed by atoms with Crippen molar-refractivity contribution in [1.82, 2.24) is 15.6 Å². The van der Waals surface area contributed by atoms with Crippen molar-refractivity contribution in [3.63, 3.8) is 0 Å². The Hall–Kier alpha value is -2.72. The van der Waals surface area contributed by atoms with Crippen LogP contribution < -0.4 is 20.3 Å². The Morgan fingerprint density at radius 3 is 2.53 bits per heavy atom. The van der Waals surface area contributed by atoms with Crippen LogP contribution in [0.3, 0.4) is 0 Å². The van der Waals surface area contributed by atoms with E-state index in [-0.39, 0.29) is 23.6 Å². The lowest BCUT2D eigenvalue weighted by Crippen LogP contribution is -2.51. The fraction of sp³-hybridized carbons (Fsp3) is 0.500. The molecule has 1 aromatic heterocycles. The first-order valence-electron chi connectivity index (χ1n) is 12.3. The second kappa shape index (κ2) is 11.2. The summed E-state index contributed by atoms with van der Waals surface area (Å²) in [6.07, 6.45) is 0.275. The summed E-state index contributed by atoms with van der Waals surface area (Å²) < 4.78 is 43.1. The van der Waals surface area contributed by atoms with Crippen LogP contribution in [0.25, 0.3) is 0 Å². The van der Waals surface area contributed by atoms with Crippen LogP contribution in [0.2, 0.25) is 10.0 Å². The van der Waals surface area contributed by atoms with E-state index < -0.39 is 24.2 Å². The second-order valence-corrected chi connectivity index (χ2v) is 11.0. The number of anilines is 1. The summed E-state index contributed by atoms with van der Waals surface area (Å²) in [5.41, 5.74) is -1.13. The van der Waals surface area contributed by atoms with Crippen LogP contribution in [0.4, 0.5) is 19.0 Å². The Balaban J connectivity index is 1.38. The van der Waals surface area contributed by atoms with E-state index >= 15 is 0 Å². The highest BCUT2D eigenvalue weighted by atomic mass is 35.5. The molecule has 38 heavy (non-hydrogen) atoms. The molecule has 2 aliphatic rings. The number of nitrogens with one attached hydrogen (secondary N) is 2. The summed E-state index contributed by atoms with van der Waals surface area (Å²) in [6.45, 7) is 2.57. The van der Waals surface area contributed by atoms with Gasteiger partial charge in [0.25, 0.3) is 11.8 Å². The average Bonchev–Trinajstić information content (AvgIpc) is 2.95. The number of rotatable bonds is 7. The molecule has 3 atom stereocenters. The molecule has 0 spiro atoms. The van der Waals surface area contributed by atoms with Gasteiger partial charge in [0.15, 0.2) is 5.60 Å². The summed E-state index contributed by atoms with van der Waals surface area (Å²) in [5.74, 6) is 0.233. The smallest absolute Gasteiger partial charge is 0.405 e. The van der Waals surface area contributed by atoms with Gasteiger partial charge in [-0.2, -0.15) is 13.2 Å². The number of fused-ring (bicyclic) bond motifs is 1. The molecule has 2 heterocycles. The number of carbonyl (C=O) groups is 2. The molecule has 3 unspecified atom stereocenters. The maximum atomic E-state index is 13.2. The normalized spacial score (nSPS) is 21.6. The first-order chi connectivity index (χ1) is 17.8. The topological polar surface area (TPSA) is 83.6 Å².